The van der Waals surface area contributed by atoms with Crippen LogP contribution in [0.3, 0.4) is 0 Å². The highest BCUT2D eigenvalue weighted by molar-refractivity contribution is 5.65. The van der Waals surface area contributed by atoms with Crippen molar-refractivity contribution in [1.82, 2.24) is 15.0 Å². The Morgan fingerprint density at radius 3 is 2.83 bits per heavy atom. The van der Waals surface area contributed by atoms with E-state index in [9.17, 15) is 0 Å². The average Bonchev–Trinajstić information content (AvgIpc) is 2.58. The monoisotopic (exact) mass is 318 g/mol. The van der Waals surface area contributed by atoms with Crippen molar-refractivity contribution in [3.05, 3.63) is 59.5 Å². The molecule has 0 amide bonds. The fourth-order valence-corrected chi connectivity index (χ4v) is 2.77. The minimum atomic E-state index is 0.539. The molecule has 3 aromatic rings. The van der Waals surface area contributed by atoms with Gasteiger partial charge in [-0.2, -0.15) is 4.98 Å². The molecule has 1 aromatic carbocycles. The number of rotatable bonds is 0. The Labute approximate surface area is 140 Å². The number of nitrogens with two attached hydrogens (primary N) is 1. The summed E-state index contributed by atoms with van der Waals surface area (Å²) in [7, 11) is 0. The van der Waals surface area contributed by atoms with Gasteiger partial charge < -0.3 is 16.4 Å². The minimum absolute atomic E-state index is 0.539. The standard InChI is InChI=1S/C18H18N6/c1-11-8-21-18-23-15-6-12(9-20-10-15)2-3-13-7-14(4-5-16(13)19)22-17(11)24-18/h4-10H,2-3,19H2,1H3,(H2,21,22,23,24). The molecule has 4 rings (SSSR count). The minimum Gasteiger partial charge on any atom is -0.399 e. The maximum Gasteiger partial charge on any atom is 0.229 e. The SMILES string of the molecule is Cc1cnc2nc1Nc1ccc(N)c(c1)CCc1cncc(c1)N2. The number of hydrogen-bond acceptors (Lipinski definition) is 6. The van der Waals surface area contributed by atoms with Gasteiger partial charge in [-0.15, -0.1) is 0 Å². The van der Waals surface area contributed by atoms with Crippen molar-refractivity contribution in [3.63, 3.8) is 0 Å². The molecule has 2 aromatic heterocycles. The molecule has 0 spiro atoms. The highest BCUT2D eigenvalue weighted by Crippen LogP contribution is 2.26. The zero-order valence-electron chi connectivity index (χ0n) is 13.4. The Balaban J connectivity index is 1.84. The summed E-state index contributed by atoms with van der Waals surface area (Å²) in [6.45, 7) is 1.98. The molecule has 6 nitrogen and oxygen atoms in total. The van der Waals surface area contributed by atoms with Gasteiger partial charge in [-0.1, -0.05) is 0 Å². The van der Waals surface area contributed by atoms with Crippen LogP contribution >= 0.6 is 0 Å². The first kappa shape index (κ1) is 14.4. The van der Waals surface area contributed by atoms with Crippen LogP contribution in [0.25, 0.3) is 0 Å². The van der Waals surface area contributed by atoms with E-state index in [0.29, 0.717) is 5.95 Å². The summed E-state index contributed by atoms with van der Waals surface area (Å²) in [6, 6.07) is 8.05. The number of nitrogens with zero attached hydrogens (tertiary/aromatic N) is 3. The number of aryl methyl sites for hydroxylation is 3. The largest absolute Gasteiger partial charge is 0.399 e. The van der Waals surface area contributed by atoms with Crippen LogP contribution in [0, 0.1) is 6.92 Å². The third-order valence-corrected chi connectivity index (χ3v) is 4.11. The Kier molecular flexibility index (Phi) is 3.49. The van der Waals surface area contributed by atoms with Crippen LogP contribution < -0.4 is 16.4 Å². The molecule has 6 heteroatoms. The predicted octanol–water partition coefficient (Wildman–Crippen LogP) is 3.35. The maximum absolute atomic E-state index is 6.14. The molecule has 0 saturated carbocycles. The summed E-state index contributed by atoms with van der Waals surface area (Å²) in [6.07, 6.45) is 7.17. The van der Waals surface area contributed by atoms with Crippen molar-refractivity contribution >= 4 is 28.8 Å². The number of hydrogen-bond donors (Lipinski definition) is 3. The lowest BCUT2D eigenvalue weighted by Crippen LogP contribution is -2.03. The van der Waals surface area contributed by atoms with Crippen molar-refractivity contribution < 1.29 is 0 Å². The van der Waals surface area contributed by atoms with Gasteiger partial charge in [0.05, 0.1) is 11.9 Å². The second-order valence-corrected chi connectivity index (χ2v) is 5.97. The molecule has 0 saturated heterocycles. The molecule has 0 radical (unpaired) electrons. The first-order valence-electron chi connectivity index (χ1n) is 7.87. The molecule has 24 heavy (non-hydrogen) atoms. The summed E-state index contributed by atoms with van der Waals surface area (Å²) < 4.78 is 0. The number of benzene rings is 1. The zero-order valence-corrected chi connectivity index (χ0v) is 13.4. The molecule has 6 bridgehead atoms. The lowest BCUT2D eigenvalue weighted by atomic mass is 10.0. The molecule has 0 fully saturated rings. The molecule has 1 aliphatic rings. The van der Waals surface area contributed by atoms with Crippen molar-refractivity contribution in [2.75, 3.05) is 16.4 Å². The third kappa shape index (κ3) is 2.86. The molecule has 3 heterocycles. The van der Waals surface area contributed by atoms with Gasteiger partial charge in [0, 0.05) is 29.3 Å². The number of nitrogens with one attached hydrogen (secondary N) is 2. The number of pyridine rings is 1. The van der Waals surface area contributed by atoms with Crippen molar-refractivity contribution in [1.29, 1.82) is 0 Å². The molecule has 0 aliphatic carbocycles. The first-order chi connectivity index (χ1) is 11.7. The fourth-order valence-electron chi connectivity index (χ4n) is 2.77. The van der Waals surface area contributed by atoms with Gasteiger partial charge in [-0.25, -0.2) is 4.98 Å². The second-order valence-electron chi connectivity index (χ2n) is 5.97. The highest BCUT2D eigenvalue weighted by Gasteiger charge is 2.09. The molecular weight excluding hydrogens is 300 g/mol. The second kappa shape index (κ2) is 5.81. The number of fused-ring (bicyclic) bond motifs is 6. The lowest BCUT2D eigenvalue weighted by Gasteiger charge is -2.12. The van der Waals surface area contributed by atoms with E-state index in [1.165, 1.54) is 0 Å². The molecule has 0 unspecified atom stereocenters. The quantitative estimate of drug-likeness (QED) is 0.551. The topological polar surface area (TPSA) is 88.8 Å². The summed E-state index contributed by atoms with van der Waals surface area (Å²) >= 11 is 0. The van der Waals surface area contributed by atoms with E-state index >= 15 is 0 Å². The predicted molar refractivity (Wildman–Crippen MR) is 95.8 cm³/mol. The molecular formula is C18H18N6. The van der Waals surface area contributed by atoms with Gasteiger partial charge >= 0.3 is 0 Å². The molecule has 4 N–H and O–H groups in total. The average molecular weight is 318 g/mol. The fraction of sp³-hybridized carbons (Fsp3) is 0.167. The first-order valence-corrected chi connectivity index (χ1v) is 7.87. The van der Waals surface area contributed by atoms with Crippen LogP contribution in [0.5, 0.6) is 0 Å². The summed E-state index contributed by atoms with van der Waals surface area (Å²) in [5.41, 5.74) is 12.0. The molecule has 0 atom stereocenters. The van der Waals surface area contributed by atoms with Crippen molar-refractivity contribution in [2.24, 2.45) is 0 Å². The van der Waals surface area contributed by atoms with Crippen molar-refractivity contribution in [2.45, 2.75) is 19.8 Å². The maximum atomic E-state index is 6.14. The van der Waals surface area contributed by atoms with E-state index in [4.69, 9.17) is 5.73 Å². The van der Waals surface area contributed by atoms with E-state index in [2.05, 4.69) is 37.7 Å². The smallest absolute Gasteiger partial charge is 0.229 e. The Morgan fingerprint density at radius 1 is 1.00 bits per heavy atom. The van der Waals surface area contributed by atoms with E-state index in [-0.39, 0.29) is 0 Å². The van der Waals surface area contributed by atoms with Crippen LogP contribution in [0.4, 0.5) is 28.8 Å². The van der Waals surface area contributed by atoms with Gasteiger partial charge in [0.15, 0.2) is 0 Å². The van der Waals surface area contributed by atoms with E-state index in [1.807, 2.05) is 25.3 Å². The van der Waals surface area contributed by atoms with Crippen LogP contribution in [-0.4, -0.2) is 15.0 Å². The number of anilines is 5. The summed E-state index contributed by atoms with van der Waals surface area (Å²) in [4.78, 5) is 13.2. The van der Waals surface area contributed by atoms with Crippen LogP contribution in [0.15, 0.2) is 42.9 Å². The summed E-state index contributed by atoms with van der Waals surface area (Å²) in [5.74, 6) is 1.31. The van der Waals surface area contributed by atoms with Crippen molar-refractivity contribution in [3.8, 4) is 0 Å². The molecule has 1 aliphatic heterocycles. The lowest BCUT2D eigenvalue weighted by molar-refractivity contribution is 0.953. The Hall–Kier alpha value is -3.15. The van der Waals surface area contributed by atoms with E-state index < -0.39 is 0 Å². The highest BCUT2D eigenvalue weighted by atomic mass is 15.1. The molecule has 120 valence electrons. The van der Waals surface area contributed by atoms with Gasteiger partial charge in [0.1, 0.15) is 5.82 Å². The van der Waals surface area contributed by atoms with Gasteiger partial charge in [0.2, 0.25) is 5.95 Å². The Morgan fingerprint density at radius 2 is 1.92 bits per heavy atom. The Bertz CT molecular complexity index is 906. The number of nitrogen functional groups attached to an aromatic ring is 1. The zero-order chi connectivity index (χ0) is 16.5. The van der Waals surface area contributed by atoms with Gasteiger partial charge in [-0.05, 0) is 55.2 Å². The summed E-state index contributed by atoms with van der Waals surface area (Å²) in [5, 5.41) is 6.58. The van der Waals surface area contributed by atoms with E-state index in [0.717, 1.165) is 52.4 Å². The van der Waals surface area contributed by atoms with Crippen LogP contribution in [0.2, 0.25) is 0 Å². The van der Waals surface area contributed by atoms with Crippen LogP contribution in [-0.2, 0) is 12.8 Å². The van der Waals surface area contributed by atoms with Crippen LogP contribution in [0.1, 0.15) is 16.7 Å². The number of aromatic nitrogens is 3. The normalized spacial score (nSPS) is 12.9. The third-order valence-electron chi connectivity index (χ3n) is 4.11. The van der Waals surface area contributed by atoms with E-state index in [1.54, 1.807) is 12.4 Å². The van der Waals surface area contributed by atoms with Gasteiger partial charge in [0.25, 0.3) is 0 Å². The van der Waals surface area contributed by atoms with Gasteiger partial charge in [-0.3, -0.25) is 4.98 Å².